The molecule has 7 heteroatoms. The Balaban J connectivity index is 0.00000192. The van der Waals surface area contributed by atoms with Crippen LogP contribution in [0.15, 0.2) is 30.3 Å². The van der Waals surface area contributed by atoms with E-state index in [1.165, 1.54) is 18.4 Å². The molecule has 3 nitrogen and oxygen atoms in total. The van der Waals surface area contributed by atoms with Gasteiger partial charge in [-0.25, -0.2) is 4.39 Å². The first-order chi connectivity index (χ1) is 10.7. The van der Waals surface area contributed by atoms with Gasteiger partial charge in [-0.05, 0) is 18.2 Å². The first-order valence-corrected chi connectivity index (χ1v) is 8.42. The molecule has 2 aromatic rings. The van der Waals surface area contributed by atoms with E-state index in [1.54, 1.807) is 6.07 Å². The summed E-state index contributed by atoms with van der Waals surface area (Å²) in [6.45, 7) is 3.55. The first kappa shape index (κ1) is 18.5. The molecule has 1 fully saturated rings. The number of piperazine rings is 1. The lowest BCUT2D eigenvalue weighted by Gasteiger charge is -2.35. The molecule has 0 saturated carbocycles. The smallest absolute Gasteiger partial charge is 0.170 e. The fourth-order valence-corrected chi connectivity index (χ4v) is 4.06. The summed E-state index contributed by atoms with van der Waals surface area (Å²) in [7, 11) is 1.49. The first-order valence-electron chi connectivity index (χ1n) is 7.23. The van der Waals surface area contributed by atoms with Crippen molar-refractivity contribution >= 4 is 35.3 Å². The van der Waals surface area contributed by atoms with Crippen LogP contribution in [0.4, 0.5) is 4.39 Å². The molecule has 126 valence electrons. The van der Waals surface area contributed by atoms with Gasteiger partial charge in [-0.3, -0.25) is 4.90 Å². The summed E-state index contributed by atoms with van der Waals surface area (Å²) < 4.78 is 20.6. The van der Waals surface area contributed by atoms with E-state index in [0.717, 1.165) is 35.4 Å². The Kier molecular flexibility index (Phi) is 6.68. The van der Waals surface area contributed by atoms with Crippen molar-refractivity contribution in [1.82, 2.24) is 10.2 Å². The lowest BCUT2D eigenvalue weighted by Crippen LogP contribution is -2.45. The standard InChI is InChI=1S/C16H18ClFN2OS.ClH/c1-21-12-4-2-3-11(15(12)18)16(13-5-6-14(17)22-13)20-9-7-19-8-10-20;/h2-6,16,19H,7-10H2,1H3;1H/t16-;/m0./s1. The van der Waals surface area contributed by atoms with Crippen LogP contribution < -0.4 is 10.1 Å². The highest BCUT2D eigenvalue weighted by atomic mass is 35.5. The van der Waals surface area contributed by atoms with E-state index in [2.05, 4.69) is 10.2 Å². The lowest BCUT2D eigenvalue weighted by molar-refractivity contribution is 0.197. The van der Waals surface area contributed by atoms with Crippen LogP contribution in [0, 0.1) is 5.82 Å². The van der Waals surface area contributed by atoms with Gasteiger partial charge in [0.1, 0.15) is 0 Å². The Morgan fingerprint density at radius 2 is 2.00 bits per heavy atom. The van der Waals surface area contributed by atoms with Crippen LogP contribution in [-0.4, -0.2) is 38.2 Å². The second-order valence-electron chi connectivity index (χ2n) is 5.19. The largest absolute Gasteiger partial charge is 0.494 e. The fraction of sp³-hybridized carbons (Fsp3) is 0.375. The third-order valence-electron chi connectivity index (χ3n) is 3.89. The van der Waals surface area contributed by atoms with E-state index in [1.807, 2.05) is 24.3 Å². The molecule has 1 N–H and O–H groups in total. The van der Waals surface area contributed by atoms with Crippen molar-refractivity contribution in [2.24, 2.45) is 0 Å². The molecule has 0 amide bonds. The Hall–Kier alpha value is -0.850. The summed E-state index contributed by atoms with van der Waals surface area (Å²) in [5.41, 5.74) is 0.639. The van der Waals surface area contributed by atoms with Crippen LogP contribution in [0.2, 0.25) is 4.34 Å². The van der Waals surface area contributed by atoms with Gasteiger partial charge in [-0.15, -0.1) is 23.7 Å². The van der Waals surface area contributed by atoms with Gasteiger partial charge in [0.25, 0.3) is 0 Å². The molecular weight excluding hydrogens is 358 g/mol. The number of hydrogen-bond donors (Lipinski definition) is 1. The Morgan fingerprint density at radius 1 is 1.26 bits per heavy atom. The van der Waals surface area contributed by atoms with Gasteiger partial charge in [0.2, 0.25) is 0 Å². The second kappa shape index (κ2) is 8.31. The third-order valence-corrected chi connectivity index (χ3v) is 5.17. The molecule has 0 spiro atoms. The summed E-state index contributed by atoms with van der Waals surface area (Å²) in [4.78, 5) is 3.34. The Labute approximate surface area is 150 Å². The van der Waals surface area contributed by atoms with E-state index in [-0.39, 0.29) is 30.0 Å². The van der Waals surface area contributed by atoms with Crippen molar-refractivity contribution in [1.29, 1.82) is 0 Å². The molecule has 0 radical (unpaired) electrons. The van der Waals surface area contributed by atoms with E-state index < -0.39 is 0 Å². The number of hydrogen-bond acceptors (Lipinski definition) is 4. The van der Waals surface area contributed by atoms with Crippen LogP contribution >= 0.6 is 35.3 Å². The minimum atomic E-state index is -0.293. The van der Waals surface area contributed by atoms with Crippen LogP contribution in [0.25, 0.3) is 0 Å². The minimum Gasteiger partial charge on any atom is -0.494 e. The predicted octanol–water partition coefficient (Wildman–Crippen LogP) is 3.97. The Bertz CT molecular complexity index is 647. The highest BCUT2D eigenvalue weighted by Gasteiger charge is 2.28. The molecule has 2 heterocycles. The topological polar surface area (TPSA) is 24.5 Å². The number of nitrogens with one attached hydrogen (secondary N) is 1. The molecule has 0 bridgehead atoms. The summed E-state index contributed by atoms with van der Waals surface area (Å²) >= 11 is 7.60. The molecule has 1 aromatic heterocycles. The molecule has 1 atom stereocenters. The average molecular weight is 377 g/mol. The number of halogens is 3. The number of rotatable bonds is 4. The Morgan fingerprint density at radius 3 is 2.61 bits per heavy atom. The average Bonchev–Trinajstić information content (AvgIpc) is 2.96. The van der Waals surface area contributed by atoms with Crippen molar-refractivity contribution in [3.63, 3.8) is 0 Å². The van der Waals surface area contributed by atoms with Crippen molar-refractivity contribution in [3.05, 3.63) is 50.9 Å². The van der Waals surface area contributed by atoms with E-state index >= 15 is 0 Å². The minimum absolute atomic E-state index is 0. The van der Waals surface area contributed by atoms with Gasteiger partial charge >= 0.3 is 0 Å². The molecule has 1 aliphatic rings. The number of ether oxygens (including phenoxy) is 1. The molecule has 1 aliphatic heterocycles. The zero-order valence-electron chi connectivity index (χ0n) is 12.7. The number of nitrogens with zero attached hydrogens (tertiary/aromatic N) is 1. The molecule has 1 saturated heterocycles. The molecular formula is C16H19Cl2FN2OS. The van der Waals surface area contributed by atoms with Crippen LogP contribution in [-0.2, 0) is 0 Å². The van der Waals surface area contributed by atoms with Crippen LogP contribution in [0.3, 0.4) is 0 Å². The summed E-state index contributed by atoms with van der Waals surface area (Å²) in [5, 5.41) is 3.33. The van der Waals surface area contributed by atoms with E-state index in [9.17, 15) is 4.39 Å². The summed E-state index contributed by atoms with van der Waals surface area (Å²) in [6.07, 6.45) is 0. The van der Waals surface area contributed by atoms with Gasteiger partial charge in [-0.1, -0.05) is 23.7 Å². The van der Waals surface area contributed by atoms with E-state index in [0.29, 0.717) is 5.56 Å². The number of thiophene rings is 1. The van der Waals surface area contributed by atoms with Gasteiger partial charge in [0.15, 0.2) is 11.6 Å². The van der Waals surface area contributed by atoms with Crippen molar-refractivity contribution < 1.29 is 9.13 Å². The molecule has 0 unspecified atom stereocenters. The van der Waals surface area contributed by atoms with Crippen molar-refractivity contribution in [2.45, 2.75) is 6.04 Å². The van der Waals surface area contributed by atoms with Gasteiger partial charge in [0.05, 0.1) is 17.5 Å². The monoisotopic (exact) mass is 376 g/mol. The van der Waals surface area contributed by atoms with Gasteiger partial charge in [0, 0.05) is 36.6 Å². The highest BCUT2D eigenvalue weighted by Crippen LogP contribution is 2.38. The van der Waals surface area contributed by atoms with Crippen molar-refractivity contribution in [3.8, 4) is 5.75 Å². The van der Waals surface area contributed by atoms with Crippen LogP contribution in [0.5, 0.6) is 5.75 Å². The summed E-state index contributed by atoms with van der Waals surface area (Å²) in [6, 6.07) is 9.04. The predicted molar refractivity (Wildman–Crippen MR) is 95.8 cm³/mol. The maximum Gasteiger partial charge on any atom is 0.170 e. The van der Waals surface area contributed by atoms with Gasteiger partial charge in [-0.2, -0.15) is 0 Å². The number of methoxy groups -OCH3 is 1. The maximum absolute atomic E-state index is 14.8. The normalized spacial score (nSPS) is 16.7. The molecule has 3 rings (SSSR count). The van der Waals surface area contributed by atoms with Gasteiger partial charge < -0.3 is 10.1 Å². The lowest BCUT2D eigenvalue weighted by atomic mass is 10.0. The fourth-order valence-electron chi connectivity index (χ4n) is 2.84. The SMILES string of the molecule is COc1cccc([C@@H](c2ccc(Cl)s2)N2CCNCC2)c1F.Cl. The zero-order valence-corrected chi connectivity index (χ0v) is 15.1. The second-order valence-corrected chi connectivity index (χ2v) is 6.94. The van der Waals surface area contributed by atoms with Crippen molar-refractivity contribution in [2.75, 3.05) is 33.3 Å². The maximum atomic E-state index is 14.8. The number of benzene rings is 1. The summed E-state index contributed by atoms with van der Waals surface area (Å²) in [5.74, 6) is -0.0154. The van der Waals surface area contributed by atoms with Crippen LogP contribution in [0.1, 0.15) is 16.5 Å². The van der Waals surface area contributed by atoms with E-state index in [4.69, 9.17) is 16.3 Å². The highest BCUT2D eigenvalue weighted by molar-refractivity contribution is 7.16. The quantitative estimate of drug-likeness (QED) is 0.873. The zero-order chi connectivity index (χ0) is 15.5. The molecule has 23 heavy (non-hydrogen) atoms. The third kappa shape index (κ3) is 3.98. The molecule has 0 aliphatic carbocycles. The molecule has 1 aromatic carbocycles.